The average molecular weight is 398 g/mol. The van der Waals surface area contributed by atoms with E-state index in [2.05, 4.69) is 38.9 Å². The molecule has 3 heterocycles. The van der Waals surface area contributed by atoms with Crippen LogP contribution in [-0.2, 0) is 6.42 Å². The number of hydrogen-bond acceptors (Lipinski definition) is 5. The Hall–Kier alpha value is -3.06. The van der Waals surface area contributed by atoms with Crippen LogP contribution < -0.4 is 0 Å². The molecule has 0 bridgehead atoms. The molecule has 0 amide bonds. The van der Waals surface area contributed by atoms with Gasteiger partial charge in [-0.3, -0.25) is 4.98 Å². The lowest BCUT2D eigenvalue weighted by Crippen LogP contribution is -1.94. The molecule has 0 spiro atoms. The highest BCUT2D eigenvalue weighted by Gasteiger charge is 2.15. The van der Waals surface area contributed by atoms with E-state index < -0.39 is 5.82 Å². The van der Waals surface area contributed by atoms with Crippen LogP contribution in [-0.4, -0.2) is 25.1 Å². The summed E-state index contributed by atoms with van der Waals surface area (Å²) in [5.41, 5.74) is 2.34. The van der Waals surface area contributed by atoms with Crippen molar-refractivity contribution in [3.05, 3.63) is 59.5 Å². The average Bonchev–Trinajstić information content (AvgIpc) is 3.31. The molecule has 0 fully saturated rings. The van der Waals surface area contributed by atoms with Gasteiger partial charge < -0.3 is 9.51 Å². The molecule has 3 aromatic heterocycles. The maximum absolute atomic E-state index is 14.1. The Bertz CT molecular complexity index is 1080. The molecule has 1 N–H and O–H groups in total. The van der Waals surface area contributed by atoms with E-state index in [0.717, 1.165) is 12.0 Å². The molecule has 28 heavy (non-hydrogen) atoms. The second kappa shape index (κ2) is 7.52. The highest BCUT2D eigenvalue weighted by molar-refractivity contribution is 6.33. The third kappa shape index (κ3) is 3.66. The van der Waals surface area contributed by atoms with Crippen LogP contribution in [0.5, 0.6) is 0 Å². The molecule has 1 aromatic carbocycles. The Morgan fingerprint density at radius 1 is 1.14 bits per heavy atom. The van der Waals surface area contributed by atoms with E-state index in [1.807, 2.05) is 6.07 Å². The zero-order valence-corrected chi connectivity index (χ0v) is 16.0. The minimum Gasteiger partial charge on any atom is -0.339 e. The monoisotopic (exact) mass is 397 g/mol. The van der Waals surface area contributed by atoms with Crippen molar-refractivity contribution in [2.24, 2.45) is 5.92 Å². The molecule has 6 nitrogen and oxygen atoms in total. The lowest BCUT2D eigenvalue weighted by molar-refractivity contribution is 0.363. The summed E-state index contributed by atoms with van der Waals surface area (Å²) in [4.78, 5) is 16.1. The second-order valence-corrected chi connectivity index (χ2v) is 7.19. The van der Waals surface area contributed by atoms with Crippen LogP contribution in [0.15, 0.2) is 47.2 Å². The van der Waals surface area contributed by atoms with Gasteiger partial charge in [0.05, 0.1) is 22.5 Å². The molecule has 0 aliphatic rings. The first-order valence-corrected chi connectivity index (χ1v) is 9.18. The van der Waals surface area contributed by atoms with E-state index in [1.165, 1.54) is 6.07 Å². The Morgan fingerprint density at radius 2 is 2.00 bits per heavy atom. The van der Waals surface area contributed by atoms with E-state index >= 15 is 0 Å². The molecular weight excluding hydrogens is 381 g/mol. The summed E-state index contributed by atoms with van der Waals surface area (Å²) in [7, 11) is 0. The van der Waals surface area contributed by atoms with Crippen LogP contribution >= 0.6 is 11.6 Å². The van der Waals surface area contributed by atoms with Gasteiger partial charge >= 0.3 is 0 Å². The third-order valence-corrected chi connectivity index (χ3v) is 4.44. The maximum atomic E-state index is 14.1. The molecule has 0 radical (unpaired) electrons. The van der Waals surface area contributed by atoms with E-state index in [0.29, 0.717) is 39.9 Å². The molecule has 0 saturated carbocycles. The number of pyridine rings is 1. The smallest absolute Gasteiger partial charge is 0.227 e. The Kier molecular flexibility index (Phi) is 4.92. The molecule has 4 aromatic rings. The van der Waals surface area contributed by atoms with Crippen LogP contribution in [0.1, 0.15) is 19.7 Å². The quantitative estimate of drug-likeness (QED) is 0.501. The fourth-order valence-electron chi connectivity index (χ4n) is 2.80. The Morgan fingerprint density at radius 3 is 2.71 bits per heavy atom. The highest BCUT2D eigenvalue weighted by Crippen LogP contribution is 2.30. The van der Waals surface area contributed by atoms with Gasteiger partial charge in [0.25, 0.3) is 0 Å². The number of nitrogens with zero attached hydrogens (tertiary/aromatic N) is 4. The van der Waals surface area contributed by atoms with Gasteiger partial charge in [0.1, 0.15) is 17.3 Å². The fraction of sp³-hybridized carbons (Fsp3) is 0.200. The van der Waals surface area contributed by atoms with Gasteiger partial charge in [-0.05, 0) is 30.2 Å². The lowest BCUT2D eigenvalue weighted by atomic mass is 10.1. The van der Waals surface area contributed by atoms with Gasteiger partial charge in [0.15, 0.2) is 0 Å². The first kappa shape index (κ1) is 18.3. The predicted octanol–water partition coefficient (Wildman–Crippen LogP) is 5.18. The van der Waals surface area contributed by atoms with Crippen molar-refractivity contribution < 1.29 is 8.91 Å². The Balaban J connectivity index is 1.58. The molecule has 0 aliphatic carbocycles. The minimum absolute atomic E-state index is 0.240. The molecule has 0 aliphatic heterocycles. The van der Waals surface area contributed by atoms with Crippen molar-refractivity contribution in [1.29, 1.82) is 0 Å². The van der Waals surface area contributed by atoms with Gasteiger partial charge in [-0.2, -0.15) is 4.98 Å². The zero-order valence-electron chi connectivity index (χ0n) is 15.3. The van der Waals surface area contributed by atoms with Crippen molar-refractivity contribution in [3.63, 3.8) is 0 Å². The van der Waals surface area contributed by atoms with Crippen LogP contribution in [0, 0.1) is 11.7 Å². The van der Waals surface area contributed by atoms with Crippen molar-refractivity contribution in [3.8, 4) is 34.2 Å². The molecular formula is C20H17ClFN5O. The Labute approximate surface area is 165 Å². The molecule has 142 valence electrons. The summed E-state index contributed by atoms with van der Waals surface area (Å²) in [6, 6.07) is 8.18. The zero-order chi connectivity index (χ0) is 19.7. The summed E-state index contributed by atoms with van der Waals surface area (Å²) >= 11 is 6.11. The summed E-state index contributed by atoms with van der Waals surface area (Å²) < 4.78 is 19.3. The van der Waals surface area contributed by atoms with Crippen LogP contribution in [0.4, 0.5) is 4.39 Å². The summed E-state index contributed by atoms with van der Waals surface area (Å²) in [6.45, 7) is 4.17. The first-order valence-electron chi connectivity index (χ1n) is 8.80. The maximum Gasteiger partial charge on any atom is 0.227 e. The third-order valence-electron chi connectivity index (χ3n) is 4.13. The van der Waals surface area contributed by atoms with Gasteiger partial charge in [0, 0.05) is 18.2 Å². The van der Waals surface area contributed by atoms with Gasteiger partial charge in [0.2, 0.25) is 11.7 Å². The highest BCUT2D eigenvalue weighted by atomic mass is 35.5. The predicted molar refractivity (Wildman–Crippen MR) is 104 cm³/mol. The fourth-order valence-corrected chi connectivity index (χ4v) is 3.05. The summed E-state index contributed by atoms with van der Waals surface area (Å²) in [6.07, 6.45) is 4.01. The summed E-state index contributed by atoms with van der Waals surface area (Å²) in [5, 5.41) is 4.28. The van der Waals surface area contributed by atoms with Gasteiger partial charge in [-0.15, -0.1) is 0 Å². The standard InChI is InChI=1S/C20H17ClFN5O/c1-11(2)8-17-26-19(27-28-17)15-7-6-12(9-23-15)16-10-24-20(25-16)18-13(21)4-3-5-14(18)22/h3-7,9-11H,8H2,1-2H3,(H,24,25). The second-order valence-electron chi connectivity index (χ2n) is 6.78. The normalized spacial score (nSPS) is 11.3. The van der Waals surface area contributed by atoms with Crippen molar-refractivity contribution in [2.75, 3.05) is 0 Å². The molecule has 4 rings (SSSR count). The van der Waals surface area contributed by atoms with Crippen LogP contribution in [0.3, 0.4) is 0 Å². The molecule has 8 heteroatoms. The number of aromatic nitrogens is 5. The lowest BCUT2D eigenvalue weighted by Gasteiger charge is -2.02. The first-order chi connectivity index (χ1) is 13.5. The van der Waals surface area contributed by atoms with Crippen LogP contribution in [0.25, 0.3) is 34.2 Å². The number of H-pyrrole nitrogens is 1. The number of halogens is 2. The minimum atomic E-state index is -0.434. The molecule has 0 unspecified atom stereocenters. The molecule has 0 saturated heterocycles. The van der Waals surface area contributed by atoms with Crippen LogP contribution in [0.2, 0.25) is 5.02 Å². The number of hydrogen-bond donors (Lipinski definition) is 1. The number of nitrogens with one attached hydrogen (secondary N) is 1. The van der Waals surface area contributed by atoms with E-state index in [9.17, 15) is 4.39 Å². The number of benzene rings is 1. The summed E-state index contributed by atoms with van der Waals surface area (Å²) in [5.74, 6) is 1.40. The van der Waals surface area contributed by atoms with Gasteiger partial charge in [-0.1, -0.05) is 36.7 Å². The number of aromatic amines is 1. The van der Waals surface area contributed by atoms with Crippen molar-refractivity contribution >= 4 is 11.6 Å². The topological polar surface area (TPSA) is 80.5 Å². The van der Waals surface area contributed by atoms with E-state index in [1.54, 1.807) is 30.6 Å². The van der Waals surface area contributed by atoms with Crippen molar-refractivity contribution in [2.45, 2.75) is 20.3 Å². The van der Waals surface area contributed by atoms with Gasteiger partial charge in [-0.25, -0.2) is 9.37 Å². The van der Waals surface area contributed by atoms with E-state index in [-0.39, 0.29) is 5.56 Å². The number of imidazole rings is 1. The number of rotatable bonds is 5. The van der Waals surface area contributed by atoms with E-state index in [4.69, 9.17) is 16.1 Å². The SMILES string of the molecule is CC(C)Cc1nc(-c2ccc(-c3cnc(-c4c(F)cccc4Cl)[nH]3)cn2)no1. The van der Waals surface area contributed by atoms with Crippen molar-refractivity contribution in [1.82, 2.24) is 25.1 Å². The molecule has 0 atom stereocenters. The largest absolute Gasteiger partial charge is 0.339 e.